The predicted molar refractivity (Wildman–Crippen MR) is 72.0 cm³/mol. The van der Waals surface area contributed by atoms with E-state index in [1.54, 1.807) is 10.9 Å². The topological polar surface area (TPSA) is 84.3 Å². The molecule has 3 aromatic rings. The number of aryl methyl sites for hydroxylation is 2. The van der Waals surface area contributed by atoms with Gasteiger partial charge in [0.25, 0.3) is 0 Å². The minimum absolute atomic E-state index is 0.183. The summed E-state index contributed by atoms with van der Waals surface area (Å²) in [6.45, 7) is 2.59. The molecule has 3 heterocycles. The number of rotatable bonds is 3. The fraction of sp³-hybridized carbons (Fsp3) is 0.273. The first kappa shape index (κ1) is 11.9. The summed E-state index contributed by atoms with van der Waals surface area (Å²) < 4.78 is 1.78. The Balaban J connectivity index is 1.89. The fourth-order valence-electron chi connectivity index (χ4n) is 1.94. The van der Waals surface area contributed by atoms with E-state index in [-0.39, 0.29) is 5.28 Å². The molecule has 0 aliphatic heterocycles. The zero-order valence-electron chi connectivity index (χ0n) is 10.5. The quantitative estimate of drug-likeness (QED) is 0.711. The zero-order chi connectivity index (χ0) is 13.4. The Morgan fingerprint density at radius 1 is 1.42 bits per heavy atom. The zero-order valence-corrected chi connectivity index (χ0v) is 11.2. The smallest absolute Gasteiger partial charge is 0.226 e. The fourth-order valence-corrected chi connectivity index (χ4v) is 2.11. The highest BCUT2D eigenvalue weighted by molar-refractivity contribution is 6.28. The number of H-pyrrole nitrogens is 1. The number of hydrogen-bond donors (Lipinski definition) is 2. The summed E-state index contributed by atoms with van der Waals surface area (Å²) in [5, 5.41) is 15.2. The van der Waals surface area contributed by atoms with Crippen LogP contribution in [0.3, 0.4) is 0 Å². The first-order valence-electron chi connectivity index (χ1n) is 5.73. The summed E-state index contributed by atoms with van der Waals surface area (Å²) in [6.07, 6.45) is 3.64. The van der Waals surface area contributed by atoms with Crippen LogP contribution in [0.25, 0.3) is 11.0 Å². The van der Waals surface area contributed by atoms with Crippen molar-refractivity contribution < 1.29 is 0 Å². The maximum absolute atomic E-state index is 5.87. The molecule has 0 fully saturated rings. The van der Waals surface area contributed by atoms with Crippen LogP contribution in [0, 0.1) is 6.92 Å². The SMILES string of the molecule is Cc1nn(C)cc1CNc1nc(Cl)nc2[nH]ncc12. The van der Waals surface area contributed by atoms with Gasteiger partial charge in [-0.3, -0.25) is 9.78 Å². The summed E-state index contributed by atoms with van der Waals surface area (Å²) in [5.74, 6) is 0.659. The van der Waals surface area contributed by atoms with Gasteiger partial charge in [0.1, 0.15) is 5.82 Å². The molecule has 0 aliphatic rings. The van der Waals surface area contributed by atoms with Gasteiger partial charge in [0.15, 0.2) is 5.65 Å². The molecule has 98 valence electrons. The largest absolute Gasteiger partial charge is 0.365 e. The van der Waals surface area contributed by atoms with Crippen LogP contribution in [0.5, 0.6) is 0 Å². The maximum Gasteiger partial charge on any atom is 0.226 e. The van der Waals surface area contributed by atoms with E-state index in [0.29, 0.717) is 18.0 Å². The number of aromatic amines is 1. The van der Waals surface area contributed by atoms with Crippen LogP contribution in [0.1, 0.15) is 11.3 Å². The summed E-state index contributed by atoms with van der Waals surface area (Å²) in [7, 11) is 1.90. The van der Waals surface area contributed by atoms with Crippen molar-refractivity contribution in [3.05, 3.63) is 28.9 Å². The van der Waals surface area contributed by atoms with Crippen molar-refractivity contribution in [3.63, 3.8) is 0 Å². The van der Waals surface area contributed by atoms with E-state index in [1.807, 2.05) is 20.2 Å². The Labute approximate surface area is 114 Å². The van der Waals surface area contributed by atoms with Crippen LogP contribution < -0.4 is 5.32 Å². The molecule has 0 saturated carbocycles. The maximum atomic E-state index is 5.87. The summed E-state index contributed by atoms with van der Waals surface area (Å²) >= 11 is 5.87. The highest BCUT2D eigenvalue weighted by atomic mass is 35.5. The van der Waals surface area contributed by atoms with Gasteiger partial charge in [-0.05, 0) is 18.5 Å². The highest BCUT2D eigenvalue weighted by Crippen LogP contribution is 2.20. The first-order valence-corrected chi connectivity index (χ1v) is 6.11. The lowest BCUT2D eigenvalue weighted by atomic mass is 10.2. The van der Waals surface area contributed by atoms with Crippen molar-refractivity contribution in [1.29, 1.82) is 0 Å². The highest BCUT2D eigenvalue weighted by Gasteiger charge is 2.09. The Kier molecular flexibility index (Phi) is 2.83. The number of nitrogens with zero attached hydrogens (tertiary/aromatic N) is 5. The van der Waals surface area contributed by atoms with Crippen LogP contribution in [-0.2, 0) is 13.6 Å². The third-order valence-corrected chi connectivity index (χ3v) is 3.01. The third kappa shape index (κ3) is 2.24. The molecule has 0 radical (unpaired) electrons. The number of anilines is 1. The van der Waals surface area contributed by atoms with E-state index in [1.165, 1.54) is 0 Å². The second-order valence-corrected chi connectivity index (χ2v) is 4.58. The molecule has 2 N–H and O–H groups in total. The van der Waals surface area contributed by atoms with Gasteiger partial charge in [0.05, 0.1) is 17.3 Å². The van der Waals surface area contributed by atoms with Gasteiger partial charge in [0.2, 0.25) is 5.28 Å². The minimum atomic E-state index is 0.183. The van der Waals surface area contributed by atoms with Gasteiger partial charge in [-0.1, -0.05) is 0 Å². The van der Waals surface area contributed by atoms with Crippen LogP contribution in [0.2, 0.25) is 5.28 Å². The van der Waals surface area contributed by atoms with Crippen LogP contribution >= 0.6 is 11.6 Å². The monoisotopic (exact) mass is 277 g/mol. The molecule has 0 saturated heterocycles. The average Bonchev–Trinajstić information content (AvgIpc) is 2.92. The third-order valence-electron chi connectivity index (χ3n) is 2.84. The van der Waals surface area contributed by atoms with Crippen molar-refractivity contribution in [1.82, 2.24) is 29.9 Å². The number of nitrogens with one attached hydrogen (secondary N) is 2. The molecular formula is C11H12ClN7. The second kappa shape index (κ2) is 4.51. The van der Waals surface area contributed by atoms with Gasteiger partial charge in [-0.15, -0.1) is 0 Å². The van der Waals surface area contributed by atoms with Crippen molar-refractivity contribution >= 4 is 28.5 Å². The molecule has 8 heteroatoms. The lowest BCUT2D eigenvalue weighted by Crippen LogP contribution is -2.03. The Morgan fingerprint density at radius 3 is 3.00 bits per heavy atom. The van der Waals surface area contributed by atoms with Gasteiger partial charge in [-0.25, -0.2) is 0 Å². The summed E-state index contributed by atoms with van der Waals surface area (Å²) in [4.78, 5) is 8.23. The molecule has 0 aromatic carbocycles. The lowest BCUT2D eigenvalue weighted by molar-refractivity contribution is 0.756. The Hall–Kier alpha value is -2.15. The van der Waals surface area contributed by atoms with Gasteiger partial charge in [0, 0.05) is 25.4 Å². The van der Waals surface area contributed by atoms with Crippen molar-refractivity contribution in [3.8, 4) is 0 Å². The van der Waals surface area contributed by atoms with E-state index in [0.717, 1.165) is 16.6 Å². The number of fused-ring (bicyclic) bond motifs is 1. The molecule has 0 atom stereocenters. The number of halogens is 1. The standard InChI is InChI=1S/C11H12ClN7/c1-6-7(5-19(2)18-6)3-13-9-8-4-14-17-10(8)16-11(12)15-9/h4-5H,3H2,1-2H3,(H2,13,14,15,16,17). The lowest BCUT2D eigenvalue weighted by Gasteiger charge is -2.05. The van der Waals surface area contributed by atoms with E-state index < -0.39 is 0 Å². The van der Waals surface area contributed by atoms with E-state index >= 15 is 0 Å². The second-order valence-electron chi connectivity index (χ2n) is 4.24. The molecule has 3 aromatic heterocycles. The van der Waals surface area contributed by atoms with Crippen molar-refractivity contribution in [2.75, 3.05) is 5.32 Å². The Bertz CT molecular complexity index is 730. The molecule has 0 amide bonds. The van der Waals surface area contributed by atoms with Crippen LogP contribution in [-0.4, -0.2) is 29.9 Å². The normalized spacial score (nSPS) is 11.1. The van der Waals surface area contributed by atoms with Crippen LogP contribution in [0.15, 0.2) is 12.4 Å². The van der Waals surface area contributed by atoms with Crippen molar-refractivity contribution in [2.45, 2.75) is 13.5 Å². The molecule has 7 nitrogen and oxygen atoms in total. The predicted octanol–water partition coefficient (Wildman–Crippen LogP) is 1.66. The van der Waals surface area contributed by atoms with Gasteiger partial charge < -0.3 is 5.32 Å². The molecule has 0 aliphatic carbocycles. The average molecular weight is 278 g/mol. The Morgan fingerprint density at radius 2 is 2.26 bits per heavy atom. The van der Waals surface area contributed by atoms with Crippen molar-refractivity contribution in [2.24, 2.45) is 7.05 Å². The van der Waals surface area contributed by atoms with E-state index in [4.69, 9.17) is 11.6 Å². The molecular weight excluding hydrogens is 266 g/mol. The van der Waals surface area contributed by atoms with Crippen LogP contribution in [0.4, 0.5) is 5.82 Å². The molecule has 19 heavy (non-hydrogen) atoms. The molecule has 3 rings (SSSR count). The summed E-state index contributed by atoms with van der Waals surface area (Å²) in [5.41, 5.74) is 2.71. The van der Waals surface area contributed by atoms with Gasteiger partial charge in [-0.2, -0.15) is 20.2 Å². The molecule has 0 bridgehead atoms. The number of aromatic nitrogens is 6. The van der Waals surface area contributed by atoms with Gasteiger partial charge >= 0.3 is 0 Å². The number of hydrogen-bond acceptors (Lipinski definition) is 5. The molecule has 0 unspecified atom stereocenters. The first-order chi connectivity index (χ1) is 9.13. The van der Waals surface area contributed by atoms with E-state index in [9.17, 15) is 0 Å². The summed E-state index contributed by atoms with van der Waals surface area (Å²) in [6, 6.07) is 0. The minimum Gasteiger partial charge on any atom is -0.365 e. The molecule has 0 spiro atoms. The van der Waals surface area contributed by atoms with E-state index in [2.05, 4.69) is 30.6 Å².